The fraction of sp³-hybridized carbons (Fsp3) is 0.222. The van der Waals surface area contributed by atoms with Crippen molar-refractivity contribution in [1.29, 1.82) is 0 Å². The number of rotatable bonds is 3. The Morgan fingerprint density at radius 1 is 1.59 bits per heavy atom. The second-order valence-corrected chi connectivity index (χ2v) is 3.76. The first-order valence-electron chi connectivity index (χ1n) is 4.82. The lowest BCUT2D eigenvalue weighted by atomic mass is 10.3. The molecule has 2 aromatic rings. The average Bonchev–Trinajstić information content (AvgIpc) is 2.82. The number of nitrogens with one attached hydrogen (secondary N) is 2. The number of aromatic nitrogens is 5. The second kappa shape index (κ2) is 4.88. The highest BCUT2D eigenvalue weighted by molar-refractivity contribution is 6.30. The molecule has 0 aliphatic carbocycles. The number of nitrogens with zero attached hydrogens (tertiary/aromatic N) is 4. The maximum absolute atomic E-state index is 11.8. The van der Waals surface area contributed by atoms with Crippen molar-refractivity contribution in [3.63, 3.8) is 0 Å². The third-order valence-corrected chi connectivity index (χ3v) is 2.29. The normalized spacial score (nSPS) is 12.1. The lowest BCUT2D eigenvalue weighted by Crippen LogP contribution is -2.28. The molecule has 1 atom stereocenters. The first-order valence-corrected chi connectivity index (χ1v) is 5.20. The van der Waals surface area contributed by atoms with Gasteiger partial charge in [0.25, 0.3) is 5.91 Å². The molecule has 0 fully saturated rings. The molecular formula is C9H9ClN6O. The Hall–Kier alpha value is -2.02. The molecule has 0 radical (unpaired) electrons. The zero-order valence-electron chi connectivity index (χ0n) is 8.88. The summed E-state index contributed by atoms with van der Waals surface area (Å²) in [4.78, 5) is 15.7. The number of hydrogen-bond acceptors (Lipinski definition) is 5. The molecule has 0 aromatic carbocycles. The number of carbonyl (C=O) groups excluding carboxylic acids is 1. The van der Waals surface area contributed by atoms with Crippen LogP contribution in [-0.2, 0) is 0 Å². The van der Waals surface area contributed by atoms with Gasteiger partial charge in [0.05, 0.1) is 6.04 Å². The van der Waals surface area contributed by atoms with Gasteiger partial charge in [-0.3, -0.25) is 9.78 Å². The Labute approximate surface area is 102 Å². The lowest BCUT2D eigenvalue weighted by Gasteiger charge is -2.09. The van der Waals surface area contributed by atoms with Crippen LogP contribution in [0.15, 0.2) is 18.3 Å². The Morgan fingerprint density at radius 3 is 3.06 bits per heavy atom. The standard InChI is InChI=1S/C9H9ClN6O/c1-5(8-13-15-16-14-8)12-9(17)7-4-6(10)2-3-11-7/h2-5H,1H3,(H,12,17)(H,13,14,15,16). The lowest BCUT2D eigenvalue weighted by molar-refractivity contribution is 0.0933. The largest absolute Gasteiger partial charge is 0.341 e. The van der Waals surface area contributed by atoms with Gasteiger partial charge in [0.1, 0.15) is 5.69 Å². The number of amides is 1. The van der Waals surface area contributed by atoms with Gasteiger partial charge in [-0.1, -0.05) is 16.8 Å². The molecule has 1 amide bonds. The summed E-state index contributed by atoms with van der Waals surface area (Å²) >= 11 is 5.77. The first-order chi connectivity index (χ1) is 8.16. The number of carbonyl (C=O) groups is 1. The summed E-state index contributed by atoms with van der Waals surface area (Å²) in [5.74, 6) is 0.0604. The molecule has 17 heavy (non-hydrogen) atoms. The molecule has 8 heteroatoms. The molecule has 7 nitrogen and oxygen atoms in total. The summed E-state index contributed by atoms with van der Waals surface area (Å²) in [6, 6.07) is 2.72. The van der Waals surface area contributed by atoms with Gasteiger partial charge >= 0.3 is 0 Å². The van der Waals surface area contributed by atoms with E-state index in [0.29, 0.717) is 10.8 Å². The van der Waals surface area contributed by atoms with Gasteiger partial charge < -0.3 is 5.32 Å². The minimum absolute atomic E-state index is 0.243. The van der Waals surface area contributed by atoms with Crippen LogP contribution in [0, 0.1) is 0 Å². The van der Waals surface area contributed by atoms with E-state index in [4.69, 9.17) is 11.6 Å². The molecule has 1 unspecified atom stereocenters. The van der Waals surface area contributed by atoms with E-state index in [-0.39, 0.29) is 17.6 Å². The van der Waals surface area contributed by atoms with E-state index < -0.39 is 0 Å². The van der Waals surface area contributed by atoms with E-state index in [1.54, 1.807) is 13.0 Å². The van der Waals surface area contributed by atoms with Crippen LogP contribution in [0.1, 0.15) is 29.3 Å². The first kappa shape index (κ1) is 11.5. The predicted octanol–water partition coefficient (Wildman–Crippen LogP) is 0.739. The van der Waals surface area contributed by atoms with Crippen LogP contribution in [0.4, 0.5) is 0 Å². The number of hydrogen-bond donors (Lipinski definition) is 2. The zero-order valence-corrected chi connectivity index (χ0v) is 9.64. The van der Waals surface area contributed by atoms with Crippen LogP contribution in [0.5, 0.6) is 0 Å². The number of aromatic amines is 1. The molecule has 2 aromatic heterocycles. The van der Waals surface area contributed by atoms with Crippen LogP contribution >= 0.6 is 11.6 Å². The van der Waals surface area contributed by atoms with Crippen molar-refractivity contribution < 1.29 is 4.79 Å². The summed E-state index contributed by atoms with van der Waals surface area (Å²) in [5.41, 5.74) is 0.243. The molecule has 0 aliphatic heterocycles. The molecule has 0 saturated carbocycles. The van der Waals surface area contributed by atoms with E-state index >= 15 is 0 Å². The summed E-state index contributed by atoms with van der Waals surface area (Å²) in [5, 5.41) is 16.4. The monoisotopic (exact) mass is 252 g/mol. The summed E-state index contributed by atoms with van der Waals surface area (Å²) in [6.45, 7) is 1.74. The highest BCUT2D eigenvalue weighted by Gasteiger charge is 2.15. The molecule has 0 aliphatic rings. The molecule has 0 saturated heterocycles. The van der Waals surface area contributed by atoms with Gasteiger partial charge in [0, 0.05) is 11.2 Å². The van der Waals surface area contributed by atoms with Gasteiger partial charge in [-0.15, -0.1) is 10.2 Å². The predicted molar refractivity (Wildman–Crippen MR) is 59.3 cm³/mol. The van der Waals surface area contributed by atoms with E-state index in [0.717, 1.165) is 0 Å². The number of halogens is 1. The van der Waals surface area contributed by atoms with Crippen molar-refractivity contribution >= 4 is 17.5 Å². The van der Waals surface area contributed by atoms with Gasteiger partial charge in [-0.05, 0) is 19.1 Å². The van der Waals surface area contributed by atoms with E-state index in [1.807, 2.05) is 0 Å². The van der Waals surface area contributed by atoms with Crippen LogP contribution in [0.3, 0.4) is 0 Å². The number of H-pyrrole nitrogens is 1. The Balaban J connectivity index is 2.07. The van der Waals surface area contributed by atoms with Crippen molar-refractivity contribution in [3.8, 4) is 0 Å². The Morgan fingerprint density at radius 2 is 2.41 bits per heavy atom. The van der Waals surface area contributed by atoms with E-state index in [1.165, 1.54) is 12.3 Å². The fourth-order valence-electron chi connectivity index (χ4n) is 1.22. The summed E-state index contributed by atoms with van der Waals surface area (Å²) in [7, 11) is 0. The van der Waals surface area contributed by atoms with Crippen molar-refractivity contribution in [3.05, 3.63) is 34.9 Å². The van der Waals surface area contributed by atoms with Gasteiger partial charge in [0.15, 0.2) is 5.82 Å². The van der Waals surface area contributed by atoms with E-state index in [9.17, 15) is 4.79 Å². The van der Waals surface area contributed by atoms with Gasteiger partial charge in [-0.25, -0.2) is 0 Å². The quantitative estimate of drug-likeness (QED) is 0.840. The highest BCUT2D eigenvalue weighted by atomic mass is 35.5. The molecule has 88 valence electrons. The van der Waals surface area contributed by atoms with E-state index in [2.05, 4.69) is 30.9 Å². The van der Waals surface area contributed by atoms with Crippen LogP contribution in [0.2, 0.25) is 5.02 Å². The van der Waals surface area contributed by atoms with Crippen LogP contribution in [0.25, 0.3) is 0 Å². The smallest absolute Gasteiger partial charge is 0.270 e. The zero-order chi connectivity index (χ0) is 12.3. The Bertz CT molecular complexity index is 514. The minimum Gasteiger partial charge on any atom is -0.341 e. The van der Waals surface area contributed by atoms with Crippen molar-refractivity contribution in [1.82, 2.24) is 30.9 Å². The Kier molecular flexibility index (Phi) is 3.29. The minimum atomic E-state index is -0.359. The van der Waals surface area contributed by atoms with Crippen molar-refractivity contribution in [2.45, 2.75) is 13.0 Å². The average molecular weight is 253 g/mol. The maximum atomic E-state index is 11.8. The molecule has 0 spiro atoms. The number of tetrazole rings is 1. The summed E-state index contributed by atoms with van der Waals surface area (Å²) < 4.78 is 0. The van der Waals surface area contributed by atoms with Crippen LogP contribution < -0.4 is 5.32 Å². The SMILES string of the molecule is CC(NC(=O)c1cc(Cl)ccn1)c1nn[nH]n1. The van der Waals surface area contributed by atoms with Crippen molar-refractivity contribution in [2.75, 3.05) is 0 Å². The molecule has 2 heterocycles. The third-order valence-electron chi connectivity index (χ3n) is 2.05. The fourth-order valence-corrected chi connectivity index (χ4v) is 1.38. The maximum Gasteiger partial charge on any atom is 0.270 e. The molecule has 2 N–H and O–H groups in total. The van der Waals surface area contributed by atoms with Crippen LogP contribution in [-0.4, -0.2) is 31.5 Å². The topological polar surface area (TPSA) is 96.5 Å². The van der Waals surface area contributed by atoms with Gasteiger partial charge in [0.2, 0.25) is 0 Å². The third kappa shape index (κ3) is 2.76. The van der Waals surface area contributed by atoms with Gasteiger partial charge in [-0.2, -0.15) is 5.21 Å². The highest BCUT2D eigenvalue weighted by Crippen LogP contribution is 2.09. The summed E-state index contributed by atoms with van der Waals surface area (Å²) in [6.07, 6.45) is 1.47. The molecule has 0 bridgehead atoms. The number of pyridine rings is 1. The molecular weight excluding hydrogens is 244 g/mol. The second-order valence-electron chi connectivity index (χ2n) is 3.32. The molecule has 2 rings (SSSR count). The van der Waals surface area contributed by atoms with Crippen molar-refractivity contribution in [2.24, 2.45) is 0 Å².